The molecule has 3 amide bonds. The first-order valence-corrected chi connectivity index (χ1v) is 10.4. The van der Waals surface area contributed by atoms with Gasteiger partial charge in [-0.05, 0) is 55.6 Å². The summed E-state index contributed by atoms with van der Waals surface area (Å²) in [6.45, 7) is 1.89. The lowest BCUT2D eigenvalue weighted by atomic mass is 10.1. The molecule has 0 aliphatic carbocycles. The van der Waals surface area contributed by atoms with E-state index in [2.05, 4.69) is 15.6 Å². The van der Waals surface area contributed by atoms with Crippen LogP contribution in [0.5, 0.6) is 0 Å². The molecule has 0 fully saturated rings. The van der Waals surface area contributed by atoms with Crippen LogP contribution in [0.1, 0.15) is 29.5 Å². The second-order valence-electron chi connectivity index (χ2n) is 7.53. The summed E-state index contributed by atoms with van der Waals surface area (Å²) in [5, 5.41) is 4.94. The van der Waals surface area contributed by atoms with Gasteiger partial charge in [-0.25, -0.2) is 19.0 Å². The number of hydrogen-bond acceptors (Lipinski definition) is 5. The second kappa shape index (κ2) is 12.2. The molecule has 0 saturated carbocycles. The highest BCUT2D eigenvalue weighted by molar-refractivity contribution is 5.83. The molecule has 2 rings (SSSR count). The maximum Gasteiger partial charge on any atom is 0.417 e. The van der Waals surface area contributed by atoms with Crippen molar-refractivity contribution in [2.24, 2.45) is 5.73 Å². The zero-order valence-electron chi connectivity index (χ0n) is 18.8. The molecule has 12 heteroatoms. The highest BCUT2D eigenvalue weighted by atomic mass is 19.4. The summed E-state index contributed by atoms with van der Waals surface area (Å²) in [6, 6.07) is 5.39. The van der Waals surface area contributed by atoms with Crippen molar-refractivity contribution in [3.05, 3.63) is 59.0 Å². The standard InChI is InChI=1S/C22H27F4N5O3/c1-14-15(5-3-7-18(14)23)11-29-20(32)31(2)17(6-4-10-27)13-34-21(33)30-19-9-8-16(12-28-19)22(24,25)26/h3,5,7-9,12,17H,4,6,10-11,13,27H2,1-2H3,(H,29,32)(H,28,30,33)/t17-/m0/s1. The second-order valence-corrected chi connectivity index (χ2v) is 7.53. The average Bonchev–Trinajstić information content (AvgIpc) is 2.79. The van der Waals surface area contributed by atoms with E-state index in [4.69, 9.17) is 10.5 Å². The van der Waals surface area contributed by atoms with E-state index in [1.165, 1.54) is 18.0 Å². The van der Waals surface area contributed by atoms with E-state index in [1.54, 1.807) is 19.1 Å². The van der Waals surface area contributed by atoms with Crippen molar-refractivity contribution in [3.63, 3.8) is 0 Å². The van der Waals surface area contributed by atoms with Crippen LogP contribution in [0.15, 0.2) is 36.5 Å². The summed E-state index contributed by atoms with van der Waals surface area (Å²) in [7, 11) is 1.52. The third-order valence-electron chi connectivity index (χ3n) is 5.15. The van der Waals surface area contributed by atoms with Gasteiger partial charge in [0.2, 0.25) is 0 Å². The molecule has 0 saturated heterocycles. The monoisotopic (exact) mass is 485 g/mol. The Bertz CT molecular complexity index is 970. The highest BCUT2D eigenvalue weighted by Gasteiger charge is 2.30. The Hall–Kier alpha value is -3.41. The topological polar surface area (TPSA) is 110 Å². The number of nitrogens with zero attached hydrogens (tertiary/aromatic N) is 2. The molecule has 0 aliphatic heterocycles. The van der Waals surface area contributed by atoms with E-state index in [0.29, 0.717) is 36.7 Å². The molecule has 0 bridgehead atoms. The summed E-state index contributed by atoms with van der Waals surface area (Å²) in [4.78, 5) is 29.6. The van der Waals surface area contributed by atoms with Crippen molar-refractivity contribution in [1.29, 1.82) is 0 Å². The van der Waals surface area contributed by atoms with Crippen LogP contribution in [0.4, 0.5) is 33.0 Å². The number of anilines is 1. The van der Waals surface area contributed by atoms with Crippen LogP contribution in [0.2, 0.25) is 0 Å². The summed E-state index contributed by atoms with van der Waals surface area (Å²) >= 11 is 0. The number of hydrogen-bond donors (Lipinski definition) is 3. The van der Waals surface area contributed by atoms with Crippen molar-refractivity contribution in [2.75, 3.05) is 25.5 Å². The molecular weight excluding hydrogens is 458 g/mol. The number of nitrogens with one attached hydrogen (secondary N) is 2. The van der Waals surface area contributed by atoms with Crippen LogP contribution in [0, 0.1) is 12.7 Å². The first-order chi connectivity index (χ1) is 16.0. The van der Waals surface area contributed by atoms with Gasteiger partial charge in [0.05, 0.1) is 11.6 Å². The van der Waals surface area contributed by atoms with Crippen LogP contribution in [-0.2, 0) is 17.5 Å². The van der Waals surface area contributed by atoms with Crippen molar-refractivity contribution < 1.29 is 31.9 Å². The predicted octanol–water partition coefficient (Wildman–Crippen LogP) is 4.05. The van der Waals surface area contributed by atoms with E-state index in [1.807, 2.05) is 0 Å². The molecule has 8 nitrogen and oxygen atoms in total. The van der Waals surface area contributed by atoms with Gasteiger partial charge in [-0.3, -0.25) is 5.32 Å². The van der Waals surface area contributed by atoms with Gasteiger partial charge in [-0.1, -0.05) is 12.1 Å². The Balaban J connectivity index is 1.92. The maximum atomic E-state index is 13.7. The molecule has 0 spiro atoms. The van der Waals surface area contributed by atoms with Crippen LogP contribution >= 0.6 is 0 Å². The van der Waals surface area contributed by atoms with Crippen molar-refractivity contribution in [3.8, 4) is 0 Å². The predicted molar refractivity (Wildman–Crippen MR) is 117 cm³/mol. The van der Waals surface area contributed by atoms with Gasteiger partial charge >= 0.3 is 18.3 Å². The molecular formula is C22H27F4N5O3. The quantitative estimate of drug-likeness (QED) is 0.465. The number of urea groups is 1. The van der Waals surface area contributed by atoms with Crippen LogP contribution in [0.25, 0.3) is 0 Å². The third kappa shape index (κ3) is 7.87. The number of ether oxygens (including phenoxy) is 1. The number of carbonyl (C=O) groups is 2. The van der Waals surface area contributed by atoms with Crippen LogP contribution < -0.4 is 16.4 Å². The van der Waals surface area contributed by atoms with Crippen molar-refractivity contribution in [2.45, 2.75) is 38.5 Å². The van der Waals surface area contributed by atoms with E-state index in [-0.39, 0.29) is 24.8 Å². The Labute approximate surface area is 194 Å². The molecule has 186 valence electrons. The number of benzene rings is 1. The Morgan fingerprint density at radius 2 is 1.97 bits per heavy atom. The number of nitrogens with two attached hydrogens (primary N) is 1. The van der Waals surface area contributed by atoms with Gasteiger partial charge in [0, 0.05) is 19.8 Å². The Kier molecular flexibility index (Phi) is 9.60. The number of rotatable bonds is 9. The summed E-state index contributed by atoms with van der Waals surface area (Å²) in [5.41, 5.74) is 5.66. The fraction of sp³-hybridized carbons (Fsp3) is 0.409. The molecule has 34 heavy (non-hydrogen) atoms. The first-order valence-electron chi connectivity index (χ1n) is 10.4. The van der Waals surface area contributed by atoms with E-state index in [9.17, 15) is 27.2 Å². The minimum absolute atomic E-state index is 0.108. The molecule has 0 radical (unpaired) electrons. The van der Waals surface area contributed by atoms with Crippen LogP contribution in [0.3, 0.4) is 0 Å². The largest absolute Gasteiger partial charge is 0.447 e. The summed E-state index contributed by atoms with van der Waals surface area (Å²) in [5.74, 6) is -0.490. The lowest BCUT2D eigenvalue weighted by molar-refractivity contribution is -0.137. The fourth-order valence-corrected chi connectivity index (χ4v) is 3.00. The average molecular weight is 485 g/mol. The van der Waals surface area contributed by atoms with Gasteiger partial charge in [-0.15, -0.1) is 0 Å². The summed E-state index contributed by atoms with van der Waals surface area (Å²) < 4.78 is 56.7. The number of likely N-dealkylation sites (N-methyl/N-ethyl adjacent to an activating group) is 1. The minimum Gasteiger partial charge on any atom is -0.447 e. The molecule has 1 aromatic carbocycles. The van der Waals surface area contributed by atoms with E-state index in [0.717, 1.165) is 12.1 Å². The lowest BCUT2D eigenvalue weighted by Crippen LogP contribution is -2.46. The van der Waals surface area contributed by atoms with Gasteiger partial charge in [-0.2, -0.15) is 13.2 Å². The minimum atomic E-state index is -4.54. The molecule has 1 aromatic heterocycles. The van der Waals surface area contributed by atoms with E-state index < -0.39 is 29.9 Å². The number of pyridine rings is 1. The molecule has 1 atom stereocenters. The Morgan fingerprint density at radius 3 is 2.59 bits per heavy atom. The SMILES string of the molecule is Cc1c(F)cccc1CNC(=O)N(C)[C@@H](CCCN)COC(=O)Nc1ccc(C(F)(F)F)cn1. The molecule has 2 aromatic rings. The Morgan fingerprint density at radius 1 is 1.24 bits per heavy atom. The fourth-order valence-electron chi connectivity index (χ4n) is 3.00. The van der Waals surface area contributed by atoms with Gasteiger partial charge in [0.15, 0.2) is 0 Å². The smallest absolute Gasteiger partial charge is 0.417 e. The number of carbonyl (C=O) groups excluding carboxylic acids is 2. The third-order valence-corrected chi connectivity index (χ3v) is 5.15. The molecule has 4 N–H and O–H groups in total. The zero-order chi connectivity index (χ0) is 25.3. The molecule has 0 aliphatic rings. The number of amides is 3. The normalized spacial score (nSPS) is 12.1. The highest BCUT2D eigenvalue weighted by Crippen LogP contribution is 2.28. The number of halogens is 4. The maximum absolute atomic E-state index is 13.7. The lowest BCUT2D eigenvalue weighted by Gasteiger charge is -2.28. The van der Waals surface area contributed by atoms with E-state index >= 15 is 0 Å². The summed E-state index contributed by atoms with van der Waals surface area (Å²) in [6.07, 6.45) is -3.89. The van der Waals surface area contributed by atoms with Gasteiger partial charge in [0.25, 0.3) is 0 Å². The number of aromatic nitrogens is 1. The first kappa shape index (κ1) is 26.8. The zero-order valence-corrected chi connectivity index (χ0v) is 18.8. The van der Waals surface area contributed by atoms with Crippen molar-refractivity contribution >= 4 is 17.9 Å². The number of alkyl halides is 3. The molecule has 0 unspecified atom stereocenters. The van der Waals surface area contributed by atoms with Crippen molar-refractivity contribution in [1.82, 2.24) is 15.2 Å². The van der Waals surface area contributed by atoms with Gasteiger partial charge in [0.1, 0.15) is 18.2 Å². The van der Waals surface area contributed by atoms with Gasteiger partial charge < -0.3 is 20.7 Å². The molecule has 1 heterocycles. The van der Waals surface area contributed by atoms with Crippen LogP contribution in [-0.4, -0.2) is 48.2 Å².